The summed E-state index contributed by atoms with van der Waals surface area (Å²) in [5, 5.41) is 12.0. The van der Waals surface area contributed by atoms with Gasteiger partial charge in [-0.15, -0.1) is 11.3 Å². The molecule has 4 rings (SSSR count). The molecule has 0 atom stereocenters. The third kappa shape index (κ3) is 6.30. The lowest BCUT2D eigenvalue weighted by Crippen LogP contribution is -2.24. The number of hydrogen-bond acceptors (Lipinski definition) is 9. The molecule has 180 valence electrons. The maximum atomic E-state index is 13.1. The van der Waals surface area contributed by atoms with E-state index in [0.717, 1.165) is 17.4 Å². The molecule has 0 spiro atoms. The Kier molecular flexibility index (Phi) is 7.25. The van der Waals surface area contributed by atoms with Gasteiger partial charge in [0.05, 0.1) is 18.3 Å². The number of nitrogens with one attached hydrogen (secondary N) is 3. The minimum absolute atomic E-state index is 0.00443. The molecule has 10 nitrogen and oxygen atoms in total. The molecule has 0 unspecified atom stereocenters. The van der Waals surface area contributed by atoms with Crippen LogP contribution in [0.15, 0.2) is 53.6 Å². The zero-order valence-electron chi connectivity index (χ0n) is 17.3. The van der Waals surface area contributed by atoms with Gasteiger partial charge in [0.2, 0.25) is 0 Å². The predicted octanol–water partition coefficient (Wildman–Crippen LogP) is 4.47. The third-order valence-electron chi connectivity index (χ3n) is 4.30. The normalized spacial score (nSPS) is 11.2. The summed E-state index contributed by atoms with van der Waals surface area (Å²) < 4.78 is 44.0. The Morgan fingerprint density at radius 1 is 1.06 bits per heavy atom. The van der Waals surface area contributed by atoms with Gasteiger partial charge in [0.1, 0.15) is 34.0 Å². The Bertz CT molecular complexity index is 1360. The number of nitrogens with zero attached hydrogens (tertiary/aromatic N) is 4. The highest BCUT2D eigenvalue weighted by molar-refractivity contribution is 14.1. The van der Waals surface area contributed by atoms with E-state index in [0.29, 0.717) is 16.6 Å². The highest BCUT2D eigenvalue weighted by Gasteiger charge is 2.33. The van der Waals surface area contributed by atoms with E-state index in [1.807, 2.05) is 0 Å². The molecule has 1 aromatic carbocycles. The van der Waals surface area contributed by atoms with Crippen molar-refractivity contribution in [2.75, 3.05) is 10.6 Å². The van der Waals surface area contributed by atoms with Crippen molar-refractivity contribution in [3.05, 3.63) is 73.8 Å². The Labute approximate surface area is 212 Å². The van der Waals surface area contributed by atoms with Crippen LogP contribution in [0.2, 0.25) is 0 Å². The fraction of sp³-hybridized carbons (Fsp3) is 0.100. The summed E-state index contributed by atoms with van der Waals surface area (Å²) in [5.74, 6) is -0.385. The molecule has 0 aliphatic rings. The van der Waals surface area contributed by atoms with Gasteiger partial charge in [0.15, 0.2) is 5.82 Å². The monoisotopic (exact) mass is 615 g/mol. The van der Waals surface area contributed by atoms with E-state index in [-0.39, 0.29) is 26.4 Å². The summed E-state index contributed by atoms with van der Waals surface area (Å²) in [7, 11) is 0. The Balaban J connectivity index is 1.35. The van der Waals surface area contributed by atoms with Gasteiger partial charge < -0.3 is 20.5 Å². The largest absolute Gasteiger partial charge is 0.417 e. The number of carbonyl (C=O) groups excluding carboxylic acids is 2. The topological polar surface area (TPSA) is 135 Å². The molecular weight excluding hydrogens is 602 g/mol. The zero-order valence-corrected chi connectivity index (χ0v) is 20.2. The van der Waals surface area contributed by atoms with Gasteiger partial charge in [-0.2, -0.15) is 13.2 Å². The molecule has 0 bridgehead atoms. The molecule has 0 radical (unpaired) electrons. The van der Waals surface area contributed by atoms with Gasteiger partial charge in [-0.25, -0.2) is 15.0 Å². The van der Waals surface area contributed by atoms with Crippen LogP contribution in [0.3, 0.4) is 0 Å². The summed E-state index contributed by atoms with van der Waals surface area (Å²) in [6.07, 6.45) is -0.675. The van der Waals surface area contributed by atoms with Gasteiger partial charge in [-0.1, -0.05) is 5.16 Å². The van der Waals surface area contributed by atoms with E-state index in [1.54, 1.807) is 28.7 Å². The van der Waals surface area contributed by atoms with Crippen molar-refractivity contribution in [2.45, 2.75) is 12.7 Å². The molecule has 0 aliphatic heterocycles. The average Bonchev–Trinajstić information content (AvgIpc) is 3.50. The first-order valence-electron chi connectivity index (χ1n) is 9.59. The third-order valence-corrected chi connectivity index (χ3v) is 6.24. The number of thiazole rings is 1. The highest BCUT2D eigenvalue weighted by Crippen LogP contribution is 2.34. The quantitative estimate of drug-likeness (QED) is 0.260. The van der Waals surface area contributed by atoms with Crippen LogP contribution in [0.25, 0.3) is 0 Å². The molecule has 0 saturated carbocycles. The Hall–Kier alpha value is -3.60. The van der Waals surface area contributed by atoms with Crippen molar-refractivity contribution >= 4 is 63.1 Å². The first kappa shape index (κ1) is 24.5. The van der Waals surface area contributed by atoms with Gasteiger partial charge in [0, 0.05) is 21.4 Å². The number of halogens is 4. The second-order valence-electron chi connectivity index (χ2n) is 6.75. The van der Waals surface area contributed by atoms with Crippen LogP contribution in [0.5, 0.6) is 0 Å². The number of amides is 2. The lowest BCUT2D eigenvalue weighted by molar-refractivity contribution is -0.138. The zero-order chi connectivity index (χ0) is 25.0. The maximum absolute atomic E-state index is 13.1. The van der Waals surface area contributed by atoms with Crippen molar-refractivity contribution in [3.63, 3.8) is 0 Å². The standard InChI is InChI=1S/C20H13F3IN7O3S/c21-20(22,23)11-5-10(1-2-12(11)24)29-19(33)14-7-25-17(35-14)8-26-18(32)13-6-16(28-9-27-13)30-15-3-4-34-31-15/h1-7,9H,8H2,(H,26,32)(H,29,33)(H,27,28,30,31). The van der Waals surface area contributed by atoms with E-state index < -0.39 is 23.6 Å². The van der Waals surface area contributed by atoms with Crippen molar-refractivity contribution in [3.8, 4) is 0 Å². The van der Waals surface area contributed by atoms with Crippen molar-refractivity contribution in [2.24, 2.45) is 0 Å². The molecule has 4 aromatic rings. The van der Waals surface area contributed by atoms with E-state index in [2.05, 4.69) is 36.1 Å². The average molecular weight is 615 g/mol. The maximum Gasteiger partial charge on any atom is 0.417 e. The lowest BCUT2D eigenvalue weighted by Gasteiger charge is -2.11. The number of aromatic nitrogens is 4. The molecule has 35 heavy (non-hydrogen) atoms. The van der Waals surface area contributed by atoms with E-state index in [1.165, 1.54) is 37.0 Å². The van der Waals surface area contributed by atoms with Crippen LogP contribution >= 0.6 is 33.9 Å². The SMILES string of the molecule is O=C(NCc1ncc(C(=O)Nc2ccc(I)c(C(F)(F)F)c2)s1)c1cc(Nc2ccon2)ncn1. The van der Waals surface area contributed by atoms with Crippen LogP contribution in [0.1, 0.15) is 30.7 Å². The summed E-state index contributed by atoms with van der Waals surface area (Å²) in [5.41, 5.74) is -0.753. The van der Waals surface area contributed by atoms with Gasteiger partial charge in [-0.05, 0) is 40.8 Å². The summed E-state index contributed by atoms with van der Waals surface area (Å²) in [6.45, 7) is 0.00852. The van der Waals surface area contributed by atoms with Crippen molar-refractivity contribution in [1.82, 2.24) is 25.4 Å². The van der Waals surface area contributed by atoms with Gasteiger partial charge in [-0.3, -0.25) is 9.59 Å². The number of hydrogen-bond donors (Lipinski definition) is 3. The highest BCUT2D eigenvalue weighted by atomic mass is 127. The van der Waals surface area contributed by atoms with E-state index in [4.69, 9.17) is 4.52 Å². The molecule has 3 heterocycles. The molecule has 15 heteroatoms. The number of carbonyl (C=O) groups is 2. The molecular formula is C20H13F3IN7O3S. The second-order valence-corrected chi connectivity index (χ2v) is 9.02. The van der Waals surface area contributed by atoms with E-state index in [9.17, 15) is 22.8 Å². The Morgan fingerprint density at radius 3 is 2.63 bits per heavy atom. The predicted molar refractivity (Wildman–Crippen MR) is 127 cm³/mol. The summed E-state index contributed by atoms with van der Waals surface area (Å²) in [4.78, 5) is 37.1. The first-order valence-corrected chi connectivity index (χ1v) is 11.5. The summed E-state index contributed by atoms with van der Waals surface area (Å²) in [6, 6.07) is 6.51. The number of benzene rings is 1. The molecule has 0 fully saturated rings. The van der Waals surface area contributed by atoms with Gasteiger partial charge >= 0.3 is 6.18 Å². The molecule has 2 amide bonds. The fourth-order valence-corrected chi connectivity index (χ4v) is 4.11. The van der Waals surface area contributed by atoms with Crippen molar-refractivity contribution < 1.29 is 27.3 Å². The second kappa shape index (κ2) is 10.3. The molecule has 0 aliphatic carbocycles. The Morgan fingerprint density at radius 2 is 1.89 bits per heavy atom. The fourth-order valence-electron chi connectivity index (χ4n) is 2.71. The van der Waals surface area contributed by atoms with Crippen LogP contribution in [0.4, 0.5) is 30.5 Å². The minimum Gasteiger partial charge on any atom is -0.363 e. The van der Waals surface area contributed by atoms with E-state index >= 15 is 0 Å². The first-order chi connectivity index (χ1) is 16.7. The van der Waals surface area contributed by atoms with Crippen LogP contribution < -0.4 is 16.0 Å². The molecule has 3 aromatic heterocycles. The lowest BCUT2D eigenvalue weighted by atomic mass is 10.2. The molecule has 3 N–H and O–H groups in total. The van der Waals surface area contributed by atoms with Crippen LogP contribution in [-0.2, 0) is 12.7 Å². The minimum atomic E-state index is -4.54. The number of alkyl halides is 3. The van der Waals surface area contributed by atoms with Crippen LogP contribution in [-0.4, -0.2) is 31.9 Å². The van der Waals surface area contributed by atoms with Gasteiger partial charge in [0.25, 0.3) is 11.8 Å². The smallest absolute Gasteiger partial charge is 0.363 e. The number of rotatable bonds is 7. The number of anilines is 3. The van der Waals surface area contributed by atoms with Crippen molar-refractivity contribution in [1.29, 1.82) is 0 Å². The van der Waals surface area contributed by atoms with Crippen LogP contribution in [0, 0.1) is 3.57 Å². The summed E-state index contributed by atoms with van der Waals surface area (Å²) >= 11 is 2.57. The molecule has 0 saturated heterocycles.